The summed E-state index contributed by atoms with van der Waals surface area (Å²) in [7, 11) is -2.27. The highest BCUT2D eigenvalue weighted by Crippen LogP contribution is 2.41. The minimum absolute atomic E-state index is 0.0589. The van der Waals surface area contributed by atoms with E-state index in [1.807, 2.05) is 11.4 Å². The molecule has 1 rings (SSSR count). The predicted octanol–water partition coefficient (Wildman–Crippen LogP) is 7.76. The van der Waals surface area contributed by atoms with Gasteiger partial charge in [0.1, 0.15) is 6.10 Å². The smallest absolute Gasteiger partial charge is 0.331 e. The van der Waals surface area contributed by atoms with Gasteiger partial charge in [0.2, 0.25) is 5.91 Å². The molecule has 1 aromatic rings. The van der Waals surface area contributed by atoms with Crippen LogP contribution in [0.5, 0.6) is 0 Å². The third-order valence-corrected chi connectivity index (χ3v) is 12.2. The number of rotatable bonds is 15. The van der Waals surface area contributed by atoms with Crippen molar-refractivity contribution < 1.29 is 18.8 Å². The Morgan fingerprint density at radius 2 is 1.67 bits per heavy atom. The average Bonchev–Trinajstić information content (AvgIpc) is 3.25. The van der Waals surface area contributed by atoms with E-state index in [0.717, 1.165) is 23.3 Å². The second-order valence-electron chi connectivity index (χ2n) is 11.0. The number of esters is 1. The van der Waals surface area contributed by atoms with Crippen LogP contribution >= 0.6 is 11.3 Å². The van der Waals surface area contributed by atoms with Gasteiger partial charge in [-0.15, -0.1) is 11.3 Å². The van der Waals surface area contributed by atoms with Crippen molar-refractivity contribution in [2.75, 3.05) is 6.61 Å². The molecule has 1 heterocycles. The fourth-order valence-electron chi connectivity index (χ4n) is 3.57. The van der Waals surface area contributed by atoms with Crippen LogP contribution in [-0.2, 0) is 18.8 Å². The Balaban J connectivity index is 2.96. The van der Waals surface area contributed by atoms with E-state index in [0.29, 0.717) is 0 Å². The minimum Gasteiger partial charge on any atom is -0.464 e. The molecule has 2 unspecified atom stereocenters. The van der Waals surface area contributed by atoms with Crippen molar-refractivity contribution in [3.63, 3.8) is 0 Å². The molecule has 204 valence electrons. The van der Waals surface area contributed by atoms with Crippen LogP contribution in [-0.4, -0.2) is 32.8 Å². The van der Waals surface area contributed by atoms with E-state index in [1.54, 1.807) is 6.92 Å². The summed E-state index contributed by atoms with van der Waals surface area (Å²) in [6, 6.07) is 1.09. The molecular formula is C29H49NO4SSi. The lowest BCUT2D eigenvalue weighted by atomic mass is 10.1. The Bertz CT molecular complexity index is 863. The van der Waals surface area contributed by atoms with Crippen LogP contribution in [0.3, 0.4) is 0 Å². The number of hydrogen-bond donors (Lipinski definition) is 1. The third-order valence-electron chi connectivity index (χ3n) is 6.72. The lowest BCUT2D eigenvalue weighted by molar-refractivity contribution is -0.150. The van der Waals surface area contributed by atoms with Crippen LogP contribution in [0.1, 0.15) is 116 Å². The number of amides is 1. The summed E-state index contributed by atoms with van der Waals surface area (Å²) in [6.45, 7) is 16.4. The number of carbonyl (C=O) groups excluding carboxylic acids is 2. The third kappa shape index (κ3) is 11.6. The highest BCUT2D eigenvalue weighted by atomic mass is 32.1. The van der Waals surface area contributed by atoms with Gasteiger partial charge in [0.15, 0.2) is 14.4 Å². The molecule has 5 nitrogen and oxygen atoms in total. The summed E-state index contributed by atoms with van der Waals surface area (Å²) < 4.78 is 12.0. The number of unbranched alkanes of at least 4 members (excludes halogenated alkanes) is 8. The first-order chi connectivity index (χ1) is 16.9. The molecule has 0 aliphatic carbocycles. The van der Waals surface area contributed by atoms with Gasteiger partial charge in [-0.3, -0.25) is 4.79 Å². The molecule has 0 spiro atoms. The Hall–Kier alpha value is -1.62. The maximum Gasteiger partial charge on any atom is 0.331 e. The largest absolute Gasteiger partial charge is 0.464 e. The molecule has 1 aromatic heterocycles. The summed E-state index contributed by atoms with van der Waals surface area (Å²) in [4.78, 5) is 25.8. The van der Waals surface area contributed by atoms with Crippen LogP contribution in [0.4, 0.5) is 0 Å². The van der Waals surface area contributed by atoms with E-state index in [9.17, 15) is 9.59 Å². The van der Waals surface area contributed by atoms with Gasteiger partial charge in [0, 0.05) is 29.2 Å². The van der Waals surface area contributed by atoms with Crippen molar-refractivity contribution in [2.45, 2.75) is 130 Å². The highest BCUT2D eigenvalue weighted by molar-refractivity contribution is 7.10. The van der Waals surface area contributed by atoms with E-state index < -0.39 is 26.4 Å². The van der Waals surface area contributed by atoms with Crippen molar-refractivity contribution in [3.8, 4) is 11.8 Å². The Morgan fingerprint density at radius 3 is 2.22 bits per heavy atom. The fraction of sp³-hybridized carbons (Fsp3) is 0.724. The monoisotopic (exact) mass is 535 g/mol. The van der Waals surface area contributed by atoms with Gasteiger partial charge < -0.3 is 14.5 Å². The minimum atomic E-state index is -2.27. The van der Waals surface area contributed by atoms with E-state index >= 15 is 0 Å². The van der Waals surface area contributed by atoms with Crippen LogP contribution in [0, 0.1) is 11.8 Å². The van der Waals surface area contributed by atoms with Gasteiger partial charge in [-0.05, 0) is 37.5 Å². The molecule has 0 radical (unpaired) electrons. The van der Waals surface area contributed by atoms with Crippen molar-refractivity contribution in [2.24, 2.45) is 0 Å². The quantitative estimate of drug-likeness (QED) is 0.108. The Morgan fingerprint density at radius 1 is 1.06 bits per heavy atom. The standard InChI is InChI=1S/C29H49NO4SSi/c1-9-11-12-13-14-15-16-17-18-19-20-24-21-25(35-22-24)27(34-36(7,8)29(4,5)6)26(30-23(3)31)28(32)33-10-2/h21-22,26-27H,9-18H2,1-8H3,(H,30,31). The molecule has 0 aliphatic heterocycles. The summed E-state index contributed by atoms with van der Waals surface area (Å²) in [6.07, 6.45) is 10.6. The van der Waals surface area contributed by atoms with E-state index in [2.05, 4.69) is 57.9 Å². The van der Waals surface area contributed by atoms with Gasteiger partial charge in [-0.25, -0.2) is 4.79 Å². The molecule has 1 N–H and O–H groups in total. The Labute approximate surface area is 225 Å². The van der Waals surface area contributed by atoms with Gasteiger partial charge in [0.25, 0.3) is 0 Å². The molecule has 0 saturated heterocycles. The lowest BCUT2D eigenvalue weighted by Gasteiger charge is -2.40. The van der Waals surface area contributed by atoms with Gasteiger partial charge in [0.05, 0.1) is 6.61 Å². The molecule has 0 saturated carbocycles. The normalized spacial score (nSPS) is 13.4. The van der Waals surface area contributed by atoms with Gasteiger partial charge >= 0.3 is 5.97 Å². The first-order valence-electron chi connectivity index (χ1n) is 13.6. The first kappa shape index (κ1) is 32.4. The van der Waals surface area contributed by atoms with Crippen molar-refractivity contribution >= 4 is 31.5 Å². The average molecular weight is 536 g/mol. The summed E-state index contributed by atoms with van der Waals surface area (Å²) in [5.41, 5.74) is 0.920. The molecule has 0 fully saturated rings. The number of nitrogens with one attached hydrogen (secondary N) is 1. The molecule has 1 amide bonds. The second-order valence-corrected chi connectivity index (χ2v) is 16.7. The summed E-state index contributed by atoms with van der Waals surface area (Å²) in [5.74, 6) is 5.81. The summed E-state index contributed by atoms with van der Waals surface area (Å²) in [5, 5.41) is 4.74. The molecular weight excluding hydrogens is 486 g/mol. The Kier molecular flexibility index (Phi) is 14.6. The fourth-order valence-corrected chi connectivity index (χ4v) is 5.81. The van der Waals surface area contributed by atoms with Crippen molar-refractivity contribution in [1.29, 1.82) is 0 Å². The van der Waals surface area contributed by atoms with Crippen LogP contribution in [0.25, 0.3) is 0 Å². The van der Waals surface area contributed by atoms with Gasteiger partial charge in [-0.2, -0.15) is 0 Å². The zero-order valence-corrected chi connectivity index (χ0v) is 25.7. The van der Waals surface area contributed by atoms with Crippen molar-refractivity contribution in [3.05, 3.63) is 21.9 Å². The van der Waals surface area contributed by atoms with E-state index in [-0.39, 0.29) is 17.6 Å². The van der Waals surface area contributed by atoms with Crippen molar-refractivity contribution in [1.82, 2.24) is 5.32 Å². The SMILES string of the molecule is CCCCCCCCCCC#Cc1csc(C(O[Si](C)(C)C(C)(C)C)C(NC(C)=O)C(=O)OCC)c1. The van der Waals surface area contributed by atoms with Crippen LogP contribution in [0.2, 0.25) is 18.1 Å². The molecule has 0 aromatic carbocycles. The molecule has 0 aliphatic rings. The molecule has 2 atom stereocenters. The molecule has 0 bridgehead atoms. The number of thiophene rings is 1. The second kappa shape index (κ2) is 16.3. The number of ether oxygens (including phenoxy) is 1. The van der Waals surface area contributed by atoms with Gasteiger partial charge in [-0.1, -0.05) is 84.5 Å². The predicted molar refractivity (Wildman–Crippen MR) is 154 cm³/mol. The zero-order valence-electron chi connectivity index (χ0n) is 23.9. The maximum atomic E-state index is 12.9. The van der Waals surface area contributed by atoms with E-state index in [4.69, 9.17) is 9.16 Å². The molecule has 36 heavy (non-hydrogen) atoms. The summed E-state index contributed by atoms with van der Waals surface area (Å²) >= 11 is 1.52. The number of carbonyl (C=O) groups is 2. The molecule has 7 heteroatoms. The lowest BCUT2D eigenvalue weighted by Crippen LogP contribution is -2.50. The first-order valence-corrected chi connectivity index (χ1v) is 17.4. The highest BCUT2D eigenvalue weighted by Gasteiger charge is 2.44. The zero-order chi connectivity index (χ0) is 27.2. The van der Waals surface area contributed by atoms with Crippen LogP contribution < -0.4 is 5.32 Å². The van der Waals surface area contributed by atoms with Crippen LogP contribution in [0.15, 0.2) is 11.4 Å². The van der Waals surface area contributed by atoms with E-state index in [1.165, 1.54) is 63.2 Å². The topological polar surface area (TPSA) is 64.6 Å². The maximum absolute atomic E-state index is 12.9. The number of hydrogen-bond acceptors (Lipinski definition) is 5.